The van der Waals surface area contributed by atoms with Gasteiger partial charge < -0.3 is 9.32 Å². The van der Waals surface area contributed by atoms with Crippen molar-refractivity contribution < 1.29 is 31.8 Å². The Hall–Kier alpha value is -8.15. The van der Waals surface area contributed by atoms with Crippen molar-refractivity contribution in [3.63, 3.8) is 0 Å². The Balaban J connectivity index is 1.24. The number of hydrogen-bond acceptors (Lipinski definition) is 5. The van der Waals surface area contributed by atoms with Crippen molar-refractivity contribution in [2.24, 2.45) is 0 Å². The molecule has 0 atom stereocenters. The minimum atomic E-state index is -1.07. The largest absolute Gasteiger partial charge is 0.456 e. The van der Waals surface area contributed by atoms with E-state index in [9.17, 15) is 8.22 Å². The molecule has 0 amide bonds. The summed E-state index contributed by atoms with van der Waals surface area (Å²) in [6.45, 7) is 0. The van der Waals surface area contributed by atoms with Crippen LogP contribution in [0.1, 0.15) is 27.4 Å². The SMILES string of the molecule is [2H]c1c([2H])c([2H])c(N(c2c([2H])c([2H])c([2H])c([2H])c2[2H])c2c([2H])c([2H])c(-c3c([2H])c(-c4ccc(-c5nc(-c6ccccc6)nc(-c6ccccc6)n5)c5ccccc45)c4c(oc5c([2H])c([2H])c([2H])c([2H])c54)c3[2H])c([2H])c2[2H])c([2H])c1[2H]. The van der Waals surface area contributed by atoms with Crippen molar-refractivity contribution in [2.75, 3.05) is 4.90 Å². The van der Waals surface area contributed by atoms with Crippen LogP contribution in [-0.4, -0.2) is 15.0 Å². The third-order valence-corrected chi connectivity index (χ3v) is 9.71. The van der Waals surface area contributed by atoms with Crippen molar-refractivity contribution in [3.05, 3.63) is 218 Å². The van der Waals surface area contributed by atoms with Crippen molar-refractivity contribution in [1.29, 1.82) is 0 Å². The highest BCUT2D eigenvalue weighted by atomic mass is 16.3. The second-order valence-corrected chi connectivity index (χ2v) is 13.3. The molecule has 0 N–H and O–H groups in total. The summed E-state index contributed by atoms with van der Waals surface area (Å²) in [4.78, 5) is 15.2. The molecular weight excluding hydrogens is 733 g/mol. The maximum atomic E-state index is 10.2. The first-order valence-corrected chi connectivity index (χ1v) is 18.5. The van der Waals surface area contributed by atoms with Crippen LogP contribution >= 0.6 is 0 Å². The minimum absolute atomic E-state index is 0.121. The fraction of sp³-hybridized carbons (Fsp3) is 0. The number of benzene rings is 9. The summed E-state index contributed by atoms with van der Waals surface area (Å²) in [5, 5.41) is 0.608. The Morgan fingerprint density at radius 2 is 0.883 bits per heavy atom. The first kappa shape index (κ1) is 20.0. The molecule has 0 fully saturated rings. The quantitative estimate of drug-likeness (QED) is 0.153. The number of rotatable bonds is 8. The lowest BCUT2D eigenvalue weighted by Crippen LogP contribution is -2.09. The Kier molecular flexibility index (Phi) is 5.00. The van der Waals surface area contributed by atoms with Gasteiger partial charge in [0, 0.05) is 44.5 Å². The van der Waals surface area contributed by atoms with E-state index in [-0.39, 0.29) is 27.7 Å². The standard InChI is InChI=1S/C55H36N4O/c1-5-17-38(18-6-1)53-56-54(39-19-7-2-8-20-39)58-55(57-53)47-34-33-46(44-25-13-14-26-45(44)47)49-35-40(36-51-52(49)48-27-15-16-28-50(48)60-51)37-29-31-43(32-30-37)59(41-21-9-3-10-22-41)42-23-11-4-12-24-42/h1-36H/i3D,4D,9D,10D,11D,12D,15D,16D,21D,22D,23D,24D,27D,28D,29D,30D,31D,32D,35D,36D. The van der Waals surface area contributed by atoms with Crippen LogP contribution in [0.4, 0.5) is 17.1 Å². The van der Waals surface area contributed by atoms with Crippen molar-refractivity contribution in [3.8, 4) is 56.4 Å². The molecule has 0 saturated heterocycles. The fourth-order valence-corrected chi connectivity index (χ4v) is 7.04. The Labute approximate surface area is 375 Å². The molecule has 11 rings (SSSR count). The van der Waals surface area contributed by atoms with Gasteiger partial charge in [-0.2, -0.15) is 0 Å². The highest BCUT2D eigenvalue weighted by Gasteiger charge is 2.20. The van der Waals surface area contributed by atoms with E-state index in [1.165, 1.54) is 0 Å². The van der Waals surface area contributed by atoms with E-state index in [0.717, 1.165) is 0 Å². The third kappa shape index (κ3) is 6.35. The number of hydrogen-bond donors (Lipinski definition) is 0. The van der Waals surface area contributed by atoms with E-state index in [1.807, 2.05) is 60.7 Å². The predicted molar refractivity (Wildman–Crippen MR) is 246 cm³/mol. The molecule has 282 valence electrons. The lowest BCUT2D eigenvalue weighted by atomic mass is 9.90. The minimum Gasteiger partial charge on any atom is -0.456 e. The lowest BCUT2D eigenvalue weighted by Gasteiger charge is -2.25. The van der Waals surface area contributed by atoms with E-state index in [0.29, 0.717) is 44.0 Å². The number of nitrogens with zero attached hydrogens (tertiary/aromatic N) is 4. The number of fused-ring (bicyclic) bond motifs is 4. The van der Waals surface area contributed by atoms with Crippen LogP contribution < -0.4 is 4.90 Å². The summed E-state index contributed by atoms with van der Waals surface area (Å²) >= 11 is 0. The highest BCUT2D eigenvalue weighted by molar-refractivity contribution is 6.17. The van der Waals surface area contributed by atoms with Crippen LogP contribution in [0.25, 0.3) is 89.1 Å². The summed E-state index contributed by atoms with van der Waals surface area (Å²) in [5.74, 6) is 0.984. The number of para-hydroxylation sites is 3. The molecular formula is C55H36N4O. The number of anilines is 3. The zero-order valence-electron chi connectivity index (χ0n) is 50.9. The van der Waals surface area contributed by atoms with Crippen LogP contribution in [0.3, 0.4) is 0 Å². The maximum absolute atomic E-state index is 10.2. The van der Waals surface area contributed by atoms with Crippen molar-refractivity contribution in [1.82, 2.24) is 15.0 Å². The molecule has 60 heavy (non-hydrogen) atoms. The van der Waals surface area contributed by atoms with E-state index >= 15 is 0 Å². The van der Waals surface area contributed by atoms with Crippen LogP contribution in [-0.2, 0) is 0 Å². The third-order valence-electron chi connectivity index (χ3n) is 9.71. The van der Waals surface area contributed by atoms with E-state index in [1.54, 1.807) is 36.4 Å². The normalized spacial score (nSPS) is 16.0. The number of furan rings is 1. The Morgan fingerprint density at radius 3 is 1.52 bits per heavy atom. The van der Waals surface area contributed by atoms with Crippen molar-refractivity contribution >= 4 is 49.8 Å². The van der Waals surface area contributed by atoms with E-state index in [4.69, 9.17) is 38.6 Å². The maximum Gasteiger partial charge on any atom is 0.164 e. The summed E-state index contributed by atoms with van der Waals surface area (Å²) in [6, 6.07) is 11.3. The molecule has 0 bridgehead atoms. The van der Waals surface area contributed by atoms with Crippen molar-refractivity contribution in [2.45, 2.75) is 0 Å². The molecule has 11 aromatic rings. The van der Waals surface area contributed by atoms with Gasteiger partial charge in [-0.15, -0.1) is 0 Å². The lowest BCUT2D eigenvalue weighted by molar-refractivity contribution is 0.669. The molecule has 0 radical (unpaired) electrons. The second-order valence-electron chi connectivity index (χ2n) is 13.3. The molecule has 2 heterocycles. The van der Waals surface area contributed by atoms with Crippen LogP contribution in [0.5, 0.6) is 0 Å². The van der Waals surface area contributed by atoms with Gasteiger partial charge in [-0.05, 0) is 93.5 Å². The van der Waals surface area contributed by atoms with Gasteiger partial charge in [-0.3, -0.25) is 0 Å². The smallest absolute Gasteiger partial charge is 0.164 e. The summed E-state index contributed by atoms with van der Waals surface area (Å²) < 4.78 is 186. The summed E-state index contributed by atoms with van der Waals surface area (Å²) in [5.41, 5.74) is -2.84. The molecule has 0 saturated carbocycles. The van der Waals surface area contributed by atoms with Gasteiger partial charge >= 0.3 is 0 Å². The summed E-state index contributed by atoms with van der Waals surface area (Å²) in [6.07, 6.45) is 0. The highest BCUT2D eigenvalue weighted by Crippen LogP contribution is 2.44. The fourth-order valence-electron chi connectivity index (χ4n) is 7.04. The molecule has 0 spiro atoms. The number of aromatic nitrogens is 3. The molecule has 0 aliphatic carbocycles. The molecule has 2 aromatic heterocycles. The van der Waals surface area contributed by atoms with Crippen LogP contribution in [0.2, 0.25) is 0 Å². The van der Waals surface area contributed by atoms with Gasteiger partial charge in [0.05, 0.1) is 27.4 Å². The average Bonchev–Trinajstić information content (AvgIpc) is 4.08. The Bertz CT molecular complexity index is 4290. The molecule has 0 aliphatic heterocycles. The van der Waals surface area contributed by atoms with Gasteiger partial charge in [0.2, 0.25) is 0 Å². The average molecular weight is 789 g/mol. The summed E-state index contributed by atoms with van der Waals surface area (Å²) in [7, 11) is 0. The zero-order valence-corrected chi connectivity index (χ0v) is 30.9. The van der Waals surface area contributed by atoms with Gasteiger partial charge in [-0.1, -0.05) is 157 Å². The van der Waals surface area contributed by atoms with Crippen LogP contribution in [0, 0.1) is 0 Å². The molecule has 5 heteroatoms. The molecule has 5 nitrogen and oxygen atoms in total. The molecule has 0 aliphatic rings. The zero-order chi connectivity index (χ0) is 57.2. The van der Waals surface area contributed by atoms with Gasteiger partial charge in [0.15, 0.2) is 17.5 Å². The molecule has 9 aromatic carbocycles. The predicted octanol–water partition coefficient (Wildman–Crippen LogP) is 14.7. The first-order chi connectivity index (χ1) is 38.1. The van der Waals surface area contributed by atoms with Gasteiger partial charge in [-0.25, -0.2) is 15.0 Å². The Morgan fingerprint density at radius 1 is 0.367 bits per heavy atom. The monoisotopic (exact) mass is 788 g/mol. The van der Waals surface area contributed by atoms with Crippen LogP contribution in [0.15, 0.2) is 222 Å². The van der Waals surface area contributed by atoms with E-state index < -0.39 is 160 Å². The van der Waals surface area contributed by atoms with Gasteiger partial charge in [0.1, 0.15) is 11.2 Å². The first-order valence-electron chi connectivity index (χ1n) is 28.5. The second kappa shape index (κ2) is 15.0. The van der Waals surface area contributed by atoms with Gasteiger partial charge in [0.25, 0.3) is 0 Å². The topological polar surface area (TPSA) is 55.1 Å². The molecule has 0 unspecified atom stereocenters. The van der Waals surface area contributed by atoms with E-state index in [2.05, 4.69) is 0 Å².